The maximum absolute atomic E-state index is 11.0. The molecule has 0 aliphatic rings. The van der Waals surface area contributed by atoms with E-state index in [1.807, 2.05) is 0 Å². The molecule has 0 heterocycles. The van der Waals surface area contributed by atoms with Gasteiger partial charge in [0.2, 0.25) is 0 Å². The van der Waals surface area contributed by atoms with E-state index in [0.717, 1.165) is 5.69 Å². The van der Waals surface area contributed by atoms with Crippen LogP contribution >= 0.6 is 11.6 Å². The first-order chi connectivity index (χ1) is 6.59. The molecular weight excluding hydrogens is 202 g/mol. The minimum Gasteiger partial charge on any atom is -0.696 e. The number of rotatable bonds is 3. The Bertz CT molecular complexity index is 321. The van der Waals surface area contributed by atoms with Crippen molar-refractivity contribution in [3.63, 3.8) is 0 Å². The smallest absolute Gasteiger partial charge is 0.146 e. The van der Waals surface area contributed by atoms with Crippen molar-refractivity contribution in [2.75, 3.05) is 5.43 Å². The Hall–Kier alpha value is -1.29. The van der Waals surface area contributed by atoms with E-state index in [4.69, 9.17) is 11.6 Å². The molecule has 1 aromatic rings. The Labute approximate surface area is 87.8 Å². The van der Waals surface area contributed by atoms with Gasteiger partial charge in [-0.3, -0.25) is 0 Å². The van der Waals surface area contributed by atoms with Crippen LogP contribution in [0.4, 0.5) is 5.69 Å². The van der Waals surface area contributed by atoms with Crippen LogP contribution in [-0.2, 0) is 0 Å². The van der Waals surface area contributed by atoms with E-state index in [2.05, 4.69) is 10.6 Å². The maximum Gasteiger partial charge on any atom is 0.146 e. The number of hydrogen-bond acceptors (Lipinski definition) is 2. The van der Waals surface area contributed by atoms with Crippen molar-refractivity contribution in [3.05, 3.63) is 34.5 Å². The maximum atomic E-state index is 11.0. The predicted octanol–water partition coefficient (Wildman–Crippen LogP) is 3.04. The second kappa shape index (κ2) is 4.81. The SMILES string of the molecule is CC(C)[N+]([O-])=NNc1ccc(Cl)cc1. The van der Waals surface area contributed by atoms with Gasteiger partial charge >= 0.3 is 0 Å². The van der Waals surface area contributed by atoms with Crippen molar-refractivity contribution in [3.8, 4) is 0 Å². The molecule has 0 radical (unpaired) electrons. The van der Waals surface area contributed by atoms with Gasteiger partial charge in [-0.25, -0.2) is 0 Å². The number of hydroxylamine groups is 1. The van der Waals surface area contributed by atoms with Crippen LogP contribution in [0.15, 0.2) is 29.5 Å². The lowest BCUT2D eigenvalue weighted by molar-refractivity contribution is -0.559. The summed E-state index contributed by atoms with van der Waals surface area (Å²) in [6.07, 6.45) is 0. The van der Waals surface area contributed by atoms with Crippen molar-refractivity contribution < 1.29 is 4.86 Å². The molecule has 14 heavy (non-hydrogen) atoms. The number of benzene rings is 1. The molecule has 0 fully saturated rings. The predicted molar refractivity (Wildman–Crippen MR) is 56.3 cm³/mol. The molecule has 76 valence electrons. The van der Waals surface area contributed by atoms with Gasteiger partial charge < -0.3 is 5.21 Å². The third kappa shape index (κ3) is 3.22. The molecule has 1 aromatic carbocycles. The second-order valence-corrected chi connectivity index (χ2v) is 3.55. The van der Waals surface area contributed by atoms with Crippen molar-refractivity contribution in [2.24, 2.45) is 5.22 Å². The number of nitrogens with zero attached hydrogens (tertiary/aromatic N) is 2. The molecule has 0 saturated carbocycles. The van der Waals surface area contributed by atoms with Gasteiger partial charge in [-0.05, 0) is 38.1 Å². The molecule has 0 spiro atoms. The van der Waals surface area contributed by atoms with Gasteiger partial charge in [0.15, 0.2) is 0 Å². The van der Waals surface area contributed by atoms with E-state index < -0.39 is 0 Å². The van der Waals surface area contributed by atoms with Crippen LogP contribution in [-0.4, -0.2) is 10.9 Å². The highest BCUT2D eigenvalue weighted by Gasteiger charge is 1.98. The van der Waals surface area contributed by atoms with Crippen LogP contribution in [0.25, 0.3) is 0 Å². The van der Waals surface area contributed by atoms with E-state index in [1.165, 1.54) is 0 Å². The molecular formula is C9H12ClN3O. The van der Waals surface area contributed by atoms with Crippen LogP contribution in [0.2, 0.25) is 5.02 Å². The van der Waals surface area contributed by atoms with Crippen LogP contribution in [0.5, 0.6) is 0 Å². The zero-order valence-electron chi connectivity index (χ0n) is 8.07. The monoisotopic (exact) mass is 213 g/mol. The van der Waals surface area contributed by atoms with Gasteiger partial charge in [0, 0.05) is 5.02 Å². The summed E-state index contributed by atoms with van der Waals surface area (Å²) in [6.45, 7) is 3.53. The van der Waals surface area contributed by atoms with E-state index in [-0.39, 0.29) is 6.04 Å². The van der Waals surface area contributed by atoms with E-state index in [0.29, 0.717) is 9.88 Å². The van der Waals surface area contributed by atoms with Crippen molar-refractivity contribution >= 4 is 17.3 Å². The highest BCUT2D eigenvalue weighted by molar-refractivity contribution is 6.30. The molecule has 0 amide bonds. The molecule has 0 bridgehead atoms. The highest BCUT2D eigenvalue weighted by atomic mass is 35.5. The van der Waals surface area contributed by atoms with Gasteiger partial charge in [0.1, 0.15) is 11.7 Å². The van der Waals surface area contributed by atoms with E-state index in [1.54, 1.807) is 38.1 Å². The van der Waals surface area contributed by atoms with Crippen LogP contribution in [0.3, 0.4) is 0 Å². The van der Waals surface area contributed by atoms with Gasteiger partial charge in [-0.15, -0.1) is 5.43 Å². The fraction of sp³-hybridized carbons (Fsp3) is 0.333. The van der Waals surface area contributed by atoms with Gasteiger partial charge in [0.25, 0.3) is 0 Å². The summed E-state index contributed by atoms with van der Waals surface area (Å²) in [5, 5.41) is 15.3. The zero-order chi connectivity index (χ0) is 10.6. The Morgan fingerprint density at radius 2 is 1.93 bits per heavy atom. The first-order valence-electron chi connectivity index (χ1n) is 4.28. The molecule has 5 heteroatoms. The molecule has 4 nitrogen and oxygen atoms in total. The fourth-order valence-corrected chi connectivity index (χ4v) is 0.873. The largest absolute Gasteiger partial charge is 0.696 e. The average molecular weight is 214 g/mol. The Morgan fingerprint density at radius 1 is 1.36 bits per heavy atom. The Kier molecular flexibility index (Phi) is 3.71. The van der Waals surface area contributed by atoms with Gasteiger partial charge in [-0.2, -0.15) is 4.86 Å². The summed E-state index contributed by atoms with van der Waals surface area (Å²) >= 11 is 5.69. The minimum absolute atomic E-state index is 0.171. The van der Waals surface area contributed by atoms with Crippen LogP contribution in [0, 0.1) is 5.21 Å². The summed E-state index contributed by atoms with van der Waals surface area (Å²) in [7, 11) is 0. The topological polar surface area (TPSA) is 50.5 Å². The lowest BCUT2D eigenvalue weighted by Gasteiger charge is -2.08. The normalized spacial score (nSPS) is 11.9. The lowest BCUT2D eigenvalue weighted by atomic mass is 10.3. The zero-order valence-corrected chi connectivity index (χ0v) is 8.82. The molecule has 1 N–H and O–H groups in total. The standard InChI is InChI=1S/C9H12ClN3O/c1-7(2)13(14)12-11-9-5-3-8(10)4-6-9/h3-7,11H,1-2H3. The minimum atomic E-state index is -0.171. The third-order valence-electron chi connectivity index (χ3n) is 1.56. The summed E-state index contributed by atoms with van der Waals surface area (Å²) in [5.41, 5.74) is 3.37. The van der Waals surface area contributed by atoms with Gasteiger partial charge in [0.05, 0.1) is 5.22 Å². The third-order valence-corrected chi connectivity index (χ3v) is 1.82. The molecule has 1 rings (SSSR count). The lowest BCUT2D eigenvalue weighted by Crippen LogP contribution is -2.13. The fourth-order valence-electron chi connectivity index (χ4n) is 0.747. The molecule has 0 aliphatic carbocycles. The quantitative estimate of drug-likeness (QED) is 0.477. The van der Waals surface area contributed by atoms with Crippen molar-refractivity contribution in [1.82, 2.24) is 0 Å². The highest BCUT2D eigenvalue weighted by Crippen LogP contribution is 2.13. The molecule has 0 unspecified atom stereocenters. The summed E-state index contributed by atoms with van der Waals surface area (Å²) in [6, 6.07) is 6.78. The van der Waals surface area contributed by atoms with Crippen molar-refractivity contribution in [2.45, 2.75) is 19.9 Å². The summed E-state index contributed by atoms with van der Waals surface area (Å²) < 4.78 is 0. The first kappa shape index (κ1) is 10.8. The first-order valence-corrected chi connectivity index (χ1v) is 4.66. The molecule has 0 saturated heterocycles. The van der Waals surface area contributed by atoms with Crippen LogP contribution < -0.4 is 5.43 Å². The second-order valence-electron chi connectivity index (χ2n) is 3.11. The molecule has 0 aromatic heterocycles. The summed E-state index contributed by atoms with van der Waals surface area (Å²) in [4.78, 5) is 0.606. The van der Waals surface area contributed by atoms with E-state index in [9.17, 15) is 5.21 Å². The molecule has 0 atom stereocenters. The average Bonchev–Trinajstić information content (AvgIpc) is 2.16. The van der Waals surface area contributed by atoms with Gasteiger partial charge in [-0.1, -0.05) is 11.6 Å². The Morgan fingerprint density at radius 3 is 2.43 bits per heavy atom. The van der Waals surface area contributed by atoms with Crippen LogP contribution in [0.1, 0.15) is 13.8 Å². The number of halogens is 1. The summed E-state index contributed by atoms with van der Waals surface area (Å²) in [5.74, 6) is 0. The van der Waals surface area contributed by atoms with Crippen molar-refractivity contribution in [1.29, 1.82) is 0 Å². The Balaban J connectivity index is 2.62. The van der Waals surface area contributed by atoms with E-state index >= 15 is 0 Å². The molecule has 0 aliphatic heterocycles. The number of anilines is 1. The number of nitrogens with one attached hydrogen (secondary N) is 1. The number of hydrogen-bond donors (Lipinski definition) is 1.